The van der Waals surface area contributed by atoms with Crippen molar-refractivity contribution in [2.45, 2.75) is 42.0 Å². The van der Waals surface area contributed by atoms with Crippen molar-refractivity contribution < 1.29 is 32.5 Å². The van der Waals surface area contributed by atoms with Crippen LogP contribution in [0.25, 0.3) is 0 Å². The van der Waals surface area contributed by atoms with Crippen molar-refractivity contribution in [2.24, 2.45) is 0 Å². The number of hydrogen-bond donors (Lipinski definition) is 2. The smallest absolute Gasteiger partial charge is 0.261 e. The van der Waals surface area contributed by atoms with Gasteiger partial charge in [-0.2, -0.15) is 0 Å². The van der Waals surface area contributed by atoms with Crippen LogP contribution in [-0.2, 0) is 24.3 Å². The molecule has 2 N–H and O–H groups in total. The first kappa shape index (κ1) is 23.1. The third-order valence-corrected chi connectivity index (χ3v) is 7.97. The average Bonchev–Trinajstić information content (AvgIpc) is 3.22. The van der Waals surface area contributed by atoms with Gasteiger partial charge in [0.2, 0.25) is 5.91 Å². The molecule has 2 fully saturated rings. The number of ether oxygens (including phenoxy) is 3. The van der Waals surface area contributed by atoms with Crippen LogP contribution >= 0.6 is 0 Å². The maximum absolute atomic E-state index is 12.8. The van der Waals surface area contributed by atoms with Gasteiger partial charge in [-0.1, -0.05) is 18.2 Å². The number of rotatable bonds is 6. The van der Waals surface area contributed by atoms with Crippen LogP contribution in [-0.4, -0.2) is 75.6 Å². The summed E-state index contributed by atoms with van der Waals surface area (Å²) in [5.74, 6) is 0.524. The van der Waals surface area contributed by atoms with E-state index in [9.17, 15) is 18.3 Å². The summed E-state index contributed by atoms with van der Waals surface area (Å²) in [7, 11) is -3.73. The molecule has 9 nitrogen and oxygen atoms in total. The fourth-order valence-corrected chi connectivity index (χ4v) is 5.97. The number of hydrogen-bond acceptors (Lipinski definition) is 7. The molecule has 2 aromatic rings. The Labute approximate surface area is 198 Å². The molecule has 0 unspecified atom stereocenters. The van der Waals surface area contributed by atoms with Gasteiger partial charge in [0.15, 0.2) is 0 Å². The largest absolute Gasteiger partial charge is 0.487 e. The van der Waals surface area contributed by atoms with Gasteiger partial charge in [-0.15, -0.1) is 0 Å². The van der Waals surface area contributed by atoms with Gasteiger partial charge in [0, 0.05) is 30.3 Å². The molecule has 0 radical (unpaired) electrons. The second kappa shape index (κ2) is 9.53. The van der Waals surface area contributed by atoms with Gasteiger partial charge >= 0.3 is 0 Å². The highest BCUT2D eigenvalue weighted by Crippen LogP contribution is 2.47. The van der Waals surface area contributed by atoms with Crippen LogP contribution in [0.4, 0.5) is 5.69 Å². The number of sulfonamides is 1. The number of anilines is 1. The number of nitrogens with one attached hydrogen (secondary N) is 1. The third kappa shape index (κ3) is 4.63. The van der Waals surface area contributed by atoms with Crippen LogP contribution in [0.3, 0.4) is 0 Å². The highest BCUT2D eigenvalue weighted by Gasteiger charge is 2.46. The van der Waals surface area contributed by atoms with Crippen molar-refractivity contribution in [3.05, 3.63) is 54.1 Å². The van der Waals surface area contributed by atoms with E-state index in [-0.39, 0.29) is 35.9 Å². The Kier molecular flexibility index (Phi) is 6.48. The van der Waals surface area contributed by atoms with Crippen molar-refractivity contribution in [2.75, 3.05) is 37.6 Å². The Balaban J connectivity index is 1.34. The molecule has 34 heavy (non-hydrogen) atoms. The monoisotopic (exact) mass is 488 g/mol. The Morgan fingerprint density at radius 3 is 2.62 bits per heavy atom. The standard InChI is InChI=1S/C24H28N2O7S/c27-15-22-24-20(13-17(32-22)14-23(28)26-8-10-31-11-9-26)19-12-16(6-7-21(19)33-24)25-34(29,30)18-4-2-1-3-5-18/h1-7,12,17,20,22,24-25,27H,8-11,13-15H2/t17-,20-,22+,24+/m0/s1. The van der Waals surface area contributed by atoms with Crippen LogP contribution in [0.5, 0.6) is 5.75 Å². The average molecular weight is 489 g/mol. The molecule has 2 saturated heterocycles. The zero-order valence-electron chi connectivity index (χ0n) is 18.6. The molecule has 0 aliphatic carbocycles. The van der Waals surface area contributed by atoms with Crippen LogP contribution in [0.15, 0.2) is 53.4 Å². The number of aliphatic hydroxyl groups is 1. The first-order valence-electron chi connectivity index (χ1n) is 11.4. The highest BCUT2D eigenvalue weighted by molar-refractivity contribution is 7.92. The van der Waals surface area contributed by atoms with Gasteiger partial charge in [0.1, 0.15) is 18.0 Å². The molecule has 10 heteroatoms. The molecule has 3 heterocycles. The number of morpholine rings is 1. The molecule has 4 atom stereocenters. The summed E-state index contributed by atoms with van der Waals surface area (Å²) in [4.78, 5) is 14.7. The minimum Gasteiger partial charge on any atom is -0.487 e. The van der Waals surface area contributed by atoms with Crippen molar-refractivity contribution in [3.63, 3.8) is 0 Å². The Hall–Kier alpha value is -2.66. The summed E-state index contributed by atoms with van der Waals surface area (Å²) in [6.45, 7) is 1.97. The van der Waals surface area contributed by atoms with Gasteiger partial charge in [-0.05, 0) is 36.8 Å². The predicted octanol–water partition coefficient (Wildman–Crippen LogP) is 1.73. The fraction of sp³-hybridized carbons (Fsp3) is 0.458. The molecule has 5 rings (SSSR count). The summed E-state index contributed by atoms with van der Waals surface area (Å²) in [5, 5.41) is 9.94. The van der Waals surface area contributed by atoms with E-state index in [2.05, 4.69) is 4.72 Å². The van der Waals surface area contributed by atoms with Crippen molar-refractivity contribution >= 4 is 21.6 Å². The zero-order chi connectivity index (χ0) is 23.7. The maximum atomic E-state index is 12.8. The minimum atomic E-state index is -3.73. The number of amides is 1. The number of nitrogens with zero attached hydrogens (tertiary/aromatic N) is 1. The molecule has 0 aromatic heterocycles. The lowest BCUT2D eigenvalue weighted by atomic mass is 9.84. The Morgan fingerprint density at radius 1 is 1.12 bits per heavy atom. The third-order valence-electron chi connectivity index (χ3n) is 6.57. The minimum absolute atomic E-state index is 0.00644. The molecule has 182 valence electrons. The molecule has 3 aliphatic rings. The van der Waals surface area contributed by atoms with Crippen LogP contribution in [0.1, 0.15) is 24.3 Å². The summed E-state index contributed by atoms with van der Waals surface area (Å²) in [6, 6.07) is 13.3. The lowest BCUT2D eigenvalue weighted by molar-refractivity contribution is -0.151. The quantitative estimate of drug-likeness (QED) is 0.637. The molecule has 2 aromatic carbocycles. The fourth-order valence-electron chi connectivity index (χ4n) is 4.90. The number of carbonyl (C=O) groups excluding carboxylic acids is 1. The first-order valence-corrected chi connectivity index (χ1v) is 12.9. The Morgan fingerprint density at radius 2 is 1.88 bits per heavy atom. The molecule has 0 spiro atoms. The molecule has 0 saturated carbocycles. The topological polar surface area (TPSA) is 114 Å². The molecule has 1 amide bonds. The lowest BCUT2D eigenvalue weighted by Gasteiger charge is -2.38. The van der Waals surface area contributed by atoms with Crippen LogP contribution < -0.4 is 9.46 Å². The van der Waals surface area contributed by atoms with E-state index in [0.29, 0.717) is 44.2 Å². The number of carbonyl (C=O) groups is 1. The van der Waals surface area contributed by atoms with E-state index in [1.54, 1.807) is 41.3 Å². The van der Waals surface area contributed by atoms with E-state index < -0.39 is 22.2 Å². The normalized spacial score (nSPS) is 26.3. The SMILES string of the molecule is O=C(C[C@@H]1C[C@H]2c3cc(NS(=O)(=O)c4ccccc4)ccc3O[C@H]2[C@@H](CO)O1)N1CCOCC1. The van der Waals surface area contributed by atoms with E-state index >= 15 is 0 Å². The first-order chi connectivity index (χ1) is 16.4. The van der Waals surface area contributed by atoms with Crippen molar-refractivity contribution in [1.82, 2.24) is 4.90 Å². The van der Waals surface area contributed by atoms with Crippen molar-refractivity contribution in [1.29, 1.82) is 0 Å². The summed E-state index contributed by atoms with van der Waals surface area (Å²) in [6.07, 6.45) is -0.573. The highest BCUT2D eigenvalue weighted by atomic mass is 32.2. The van der Waals surface area contributed by atoms with E-state index in [1.807, 2.05) is 0 Å². The Bertz CT molecular complexity index is 1140. The molecular weight excluding hydrogens is 460 g/mol. The van der Waals surface area contributed by atoms with Gasteiger partial charge < -0.3 is 24.2 Å². The van der Waals surface area contributed by atoms with Gasteiger partial charge in [0.25, 0.3) is 10.0 Å². The summed E-state index contributed by atoms with van der Waals surface area (Å²) < 4.78 is 45.6. The lowest BCUT2D eigenvalue weighted by Crippen LogP contribution is -2.48. The van der Waals surface area contributed by atoms with E-state index in [4.69, 9.17) is 14.2 Å². The molecule has 3 aliphatic heterocycles. The second-order valence-electron chi connectivity index (χ2n) is 8.77. The maximum Gasteiger partial charge on any atom is 0.261 e. The molecular formula is C24H28N2O7S. The van der Waals surface area contributed by atoms with E-state index in [1.165, 1.54) is 12.1 Å². The van der Waals surface area contributed by atoms with E-state index in [0.717, 1.165) is 5.56 Å². The van der Waals surface area contributed by atoms with Crippen LogP contribution in [0, 0.1) is 0 Å². The zero-order valence-corrected chi connectivity index (χ0v) is 19.4. The van der Waals surface area contributed by atoms with Gasteiger partial charge in [-0.3, -0.25) is 9.52 Å². The second-order valence-corrected chi connectivity index (χ2v) is 10.5. The molecule has 0 bridgehead atoms. The predicted molar refractivity (Wildman–Crippen MR) is 123 cm³/mol. The van der Waals surface area contributed by atoms with Crippen molar-refractivity contribution in [3.8, 4) is 5.75 Å². The van der Waals surface area contributed by atoms with Crippen LogP contribution in [0.2, 0.25) is 0 Å². The number of fused-ring (bicyclic) bond motifs is 3. The van der Waals surface area contributed by atoms with Gasteiger partial charge in [-0.25, -0.2) is 8.42 Å². The number of benzene rings is 2. The van der Waals surface area contributed by atoms with Gasteiger partial charge in [0.05, 0.1) is 37.2 Å². The summed E-state index contributed by atoms with van der Waals surface area (Å²) >= 11 is 0. The number of aliphatic hydroxyl groups excluding tert-OH is 1. The summed E-state index contributed by atoms with van der Waals surface area (Å²) in [5.41, 5.74) is 1.28.